The molecule has 1 aliphatic carbocycles. The van der Waals surface area contributed by atoms with Crippen LogP contribution in [0.4, 0.5) is 0 Å². The van der Waals surface area contributed by atoms with E-state index in [9.17, 15) is 4.79 Å². The Bertz CT molecular complexity index is 1310. The third-order valence-corrected chi connectivity index (χ3v) is 6.41. The topological polar surface area (TPSA) is 52.2 Å². The molecule has 2 aromatic heterocycles. The first-order chi connectivity index (χ1) is 15.2. The first kappa shape index (κ1) is 19.9. The van der Waals surface area contributed by atoms with Crippen LogP contribution in [0.15, 0.2) is 81.2 Å². The average Bonchev–Trinajstić information content (AvgIpc) is 3.28. The van der Waals surface area contributed by atoms with E-state index >= 15 is 0 Å². The average molecular weight is 475 g/mol. The van der Waals surface area contributed by atoms with Crippen LogP contribution in [0.2, 0.25) is 0 Å². The Labute approximate surface area is 189 Å². The highest BCUT2D eigenvalue weighted by Crippen LogP contribution is 2.31. The van der Waals surface area contributed by atoms with Gasteiger partial charge < -0.3 is 4.57 Å². The second kappa shape index (κ2) is 8.63. The smallest absolute Gasteiger partial charge is 0.282 e. The van der Waals surface area contributed by atoms with Gasteiger partial charge in [0.25, 0.3) is 5.56 Å². The van der Waals surface area contributed by atoms with Gasteiger partial charge in [0, 0.05) is 22.3 Å². The molecule has 5 rings (SSSR count). The Morgan fingerprint density at radius 3 is 2.68 bits per heavy atom. The van der Waals surface area contributed by atoms with E-state index in [-0.39, 0.29) is 11.5 Å². The minimum Gasteiger partial charge on any atom is -0.316 e. The van der Waals surface area contributed by atoms with Gasteiger partial charge in [-0.2, -0.15) is 9.78 Å². The van der Waals surface area contributed by atoms with E-state index in [1.54, 1.807) is 6.21 Å². The second-order valence-corrected chi connectivity index (χ2v) is 8.88. The van der Waals surface area contributed by atoms with Gasteiger partial charge in [-0.15, -0.1) is 0 Å². The zero-order valence-corrected chi connectivity index (χ0v) is 18.7. The molecule has 0 N–H and O–H groups in total. The van der Waals surface area contributed by atoms with Gasteiger partial charge in [0.05, 0.1) is 22.8 Å². The van der Waals surface area contributed by atoms with Gasteiger partial charge in [0.1, 0.15) is 5.82 Å². The Morgan fingerprint density at radius 1 is 1.00 bits per heavy atom. The largest absolute Gasteiger partial charge is 0.316 e. The van der Waals surface area contributed by atoms with Gasteiger partial charge in [-0.05, 0) is 55.3 Å². The summed E-state index contributed by atoms with van der Waals surface area (Å²) in [6.45, 7) is 0. The summed E-state index contributed by atoms with van der Waals surface area (Å²) in [5.41, 5.74) is 2.56. The highest BCUT2D eigenvalue weighted by atomic mass is 79.9. The van der Waals surface area contributed by atoms with Crippen LogP contribution in [-0.2, 0) is 0 Å². The predicted octanol–water partition coefficient (Wildman–Crippen LogP) is 5.88. The molecule has 0 atom stereocenters. The van der Waals surface area contributed by atoms with Crippen LogP contribution in [0.3, 0.4) is 0 Å². The van der Waals surface area contributed by atoms with E-state index in [1.165, 1.54) is 23.9 Å². The lowest BCUT2D eigenvalue weighted by Crippen LogP contribution is -2.25. The zero-order valence-electron chi connectivity index (χ0n) is 17.1. The lowest BCUT2D eigenvalue weighted by Gasteiger charge is -2.22. The zero-order chi connectivity index (χ0) is 21.2. The molecule has 1 saturated carbocycles. The molecular formula is C25H23BrN4O. The molecule has 1 fully saturated rings. The van der Waals surface area contributed by atoms with Crippen LogP contribution >= 0.6 is 15.9 Å². The second-order valence-electron chi connectivity index (χ2n) is 7.97. The molecule has 0 unspecified atom stereocenters. The fourth-order valence-electron chi connectivity index (χ4n) is 4.35. The van der Waals surface area contributed by atoms with E-state index in [0.29, 0.717) is 5.39 Å². The van der Waals surface area contributed by atoms with Gasteiger partial charge in [-0.1, -0.05) is 53.4 Å². The Kier molecular flexibility index (Phi) is 5.55. The molecule has 0 saturated heterocycles. The number of nitrogens with zero attached hydrogens (tertiary/aromatic N) is 4. The number of halogens is 1. The minimum absolute atomic E-state index is 0.108. The van der Waals surface area contributed by atoms with Crippen molar-refractivity contribution >= 4 is 33.0 Å². The van der Waals surface area contributed by atoms with E-state index in [1.807, 2.05) is 65.4 Å². The van der Waals surface area contributed by atoms with Crippen molar-refractivity contribution in [2.45, 2.75) is 38.0 Å². The maximum Gasteiger partial charge on any atom is 0.282 e. The highest BCUT2D eigenvalue weighted by Gasteiger charge is 2.22. The van der Waals surface area contributed by atoms with E-state index < -0.39 is 0 Å². The number of para-hydroxylation sites is 1. The van der Waals surface area contributed by atoms with Crippen molar-refractivity contribution in [3.05, 3.63) is 93.2 Å². The van der Waals surface area contributed by atoms with E-state index in [2.05, 4.69) is 27.1 Å². The summed E-state index contributed by atoms with van der Waals surface area (Å²) in [6, 6.07) is 19.6. The van der Waals surface area contributed by atoms with Crippen molar-refractivity contribution in [1.29, 1.82) is 0 Å². The summed E-state index contributed by atoms with van der Waals surface area (Å²) < 4.78 is 4.58. The molecule has 4 aromatic rings. The molecule has 6 heteroatoms. The van der Waals surface area contributed by atoms with Gasteiger partial charge in [0.2, 0.25) is 0 Å². The SMILES string of the molecule is O=c1c2ccccc2nc(C2CCCCC2)n1N=Cc1cccn1-c1cccc(Br)c1. The van der Waals surface area contributed by atoms with Crippen LogP contribution in [0.25, 0.3) is 16.6 Å². The van der Waals surface area contributed by atoms with E-state index in [4.69, 9.17) is 4.98 Å². The number of hydrogen-bond donors (Lipinski definition) is 0. The molecule has 0 radical (unpaired) electrons. The van der Waals surface area contributed by atoms with Crippen molar-refractivity contribution in [2.75, 3.05) is 0 Å². The van der Waals surface area contributed by atoms with Gasteiger partial charge in [-0.3, -0.25) is 4.79 Å². The molecule has 0 aliphatic heterocycles. The molecule has 31 heavy (non-hydrogen) atoms. The van der Waals surface area contributed by atoms with Crippen molar-refractivity contribution in [3.8, 4) is 5.69 Å². The summed E-state index contributed by atoms with van der Waals surface area (Å²) in [4.78, 5) is 18.2. The Morgan fingerprint density at radius 2 is 1.84 bits per heavy atom. The molecule has 0 bridgehead atoms. The number of hydrogen-bond acceptors (Lipinski definition) is 3. The summed E-state index contributed by atoms with van der Waals surface area (Å²) in [6.07, 6.45) is 9.43. The first-order valence-electron chi connectivity index (χ1n) is 10.7. The fraction of sp³-hybridized carbons (Fsp3) is 0.240. The molecule has 1 aliphatic rings. The Balaban J connectivity index is 1.61. The summed E-state index contributed by atoms with van der Waals surface area (Å²) in [7, 11) is 0. The fourth-order valence-corrected chi connectivity index (χ4v) is 4.74. The lowest BCUT2D eigenvalue weighted by atomic mass is 9.88. The highest BCUT2D eigenvalue weighted by molar-refractivity contribution is 9.10. The van der Waals surface area contributed by atoms with Crippen molar-refractivity contribution in [2.24, 2.45) is 5.10 Å². The monoisotopic (exact) mass is 474 g/mol. The minimum atomic E-state index is -0.108. The third-order valence-electron chi connectivity index (χ3n) is 5.92. The predicted molar refractivity (Wildman–Crippen MR) is 128 cm³/mol. The maximum atomic E-state index is 13.3. The molecule has 2 aromatic carbocycles. The summed E-state index contributed by atoms with van der Waals surface area (Å²) in [5.74, 6) is 1.04. The molecule has 156 valence electrons. The number of aromatic nitrogens is 3. The van der Waals surface area contributed by atoms with E-state index in [0.717, 1.165) is 40.0 Å². The van der Waals surface area contributed by atoms with Crippen molar-refractivity contribution < 1.29 is 0 Å². The normalized spacial score (nSPS) is 15.1. The van der Waals surface area contributed by atoms with Crippen LogP contribution < -0.4 is 5.56 Å². The van der Waals surface area contributed by atoms with Gasteiger partial charge in [0.15, 0.2) is 0 Å². The van der Waals surface area contributed by atoms with Gasteiger partial charge >= 0.3 is 0 Å². The first-order valence-corrected chi connectivity index (χ1v) is 11.5. The van der Waals surface area contributed by atoms with Crippen LogP contribution in [0.1, 0.15) is 49.5 Å². The lowest BCUT2D eigenvalue weighted by molar-refractivity contribution is 0.416. The van der Waals surface area contributed by atoms with Crippen molar-refractivity contribution in [1.82, 2.24) is 14.2 Å². The summed E-state index contributed by atoms with van der Waals surface area (Å²) >= 11 is 3.53. The van der Waals surface area contributed by atoms with Crippen LogP contribution in [0.5, 0.6) is 0 Å². The molecule has 2 heterocycles. The standard InChI is InChI=1S/C25H23BrN4O/c26-19-10-6-11-20(16-19)29-15-7-12-21(29)17-27-30-24(18-8-2-1-3-9-18)28-23-14-5-4-13-22(23)25(30)31/h4-7,10-18H,1-3,8-9H2. The number of rotatable bonds is 4. The summed E-state index contributed by atoms with van der Waals surface area (Å²) in [5, 5.41) is 5.26. The quantitative estimate of drug-likeness (QED) is 0.346. The van der Waals surface area contributed by atoms with Crippen molar-refractivity contribution in [3.63, 3.8) is 0 Å². The molecular weight excluding hydrogens is 452 g/mol. The molecule has 0 spiro atoms. The molecule has 5 nitrogen and oxygen atoms in total. The maximum absolute atomic E-state index is 13.3. The Hall–Kier alpha value is -2.99. The van der Waals surface area contributed by atoms with Gasteiger partial charge in [-0.25, -0.2) is 4.98 Å². The third kappa shape index (κ3) is 4.00. The van der Waals surface area contributed by atoms with Crippen LogP contribution in [-0.4, -0.2) is 20.4 Å². The number of fused-ring (bicyclic) bond motifs is 1. The number of benzene rings is 2. The van der Waals surface area contributed by atoms with Crippen LogP contribution in [0, 0.1) is 0 Å². The molecule has 0 amide bonds.